The zero-order valence-electron chi connectivity index (χ0n) is 11.0. The van der Waals surface area contributed by atoms with E-state index in [4.69, 9.17) is 20.6 Å². The van der Waals surface area contributed by atoms with Gasteiger partial charge in [0.15, 0.2) is 0 Å². The highest BCUT2D eigenvalue weighted by molar-refractivity contribution is 5.94. The Morgan fingerprint density at radius 2 is 2.11 bits per heavy atom. The van der Waals surface area contributed by atoms with Crippen molar-refractivity contribution >= 4 is 5.84 Å². The maximum Gasteiger partial charge on any atom is 0.142 e. The molecule has 1 rings (SSSR count). The standard InChI is InChI=1S/C13H21N3O2/c1-10(2)8-17-6-7-18-9-11-4-3-5-16-12(11)13(14)15/h3-5,10H,6-9H2,1-2H3,(H3,14,15). The molecule has 0 aliphatic rings. The quantitative estimate of drug-likeness (QED) is 0.417. The number of nitrogens with two attached hydrogens (primary N) is 1. The summed E-state index contributed by atoms with van der Waals surface area (Å²) in [4.78, 5) is 4.06. The Morgan fingerprint density at radius 1 is 1.39 bits per heavy atom. The highest BCUT2D eigenvalue weighted by Crippen LogP contribution is 2.06. The first-order valence-electron chi connectivity index (χ1n) is 6.05. The molecule has 0 amide bonds. The molecule has 0 radical (unpaired) electrons. The molecule has 100 valence electrons. The van der Waals surface area contributed by atoms with Crippen molar-refractivity contribution in [1.82, 2.24) is 4.98 Å². The van der Waals surface area contributed by atoms with E-state index in [1.165, 1.54) is 0 Å². The lowest BCUT2D eigenvalue weighted by Crippen LogP contribution is -2.16. The molecule has 18 heavy (non-hydrogen) atoms. The van der Waals surface area contributed by atoms with Crippen molar-refractivity contribution in [2.24, 2.45) is 11.7 Å². The summed E-state index contributed by atoms with van der Waals surface area (Å²) in [6.45, 7) is 6.46. The summed E-state index contributed by atoms with van der Waals surface area (Å²) in [7, 11) is 0. The van der Waals surface area contributed by atoms with Crippen molar-refractivity contribution < 1.29 is 9.47 Å². The predicted molar refractivity (Wildman–Crippen MR) is 70.6 cm³/mol. The predicted octanol–water partition coefficient (Wildman–Crippen LogP) is 1.55. The number of nitrogens with zero attached hydrogens (tertiary/aromatic N) is 1. The molecule has 0 saturated heterocycles. The number of hydrogen-bond acceptors (Lipinski definition) is 4. The van der Waals surface area contributed by atoms with E-state index in [1.54, 1.807) is 12.3 Å². The van der Waals surface area contributed by atoms with Gasteiger partial charge in [-0.25, -0.2) is 0 Å². The lowest BCUT2D eigenvalue weighted by Gasteiger charge is -2.09. The smallest absolute Gasteiger partial charge is 0.142 e. The van der Waals surface area contributed by atoms with Gasteiger partial charge in [0.05, 0.1) is 19.8 Å². The van der Waals surface area contributed by atoms with Crippen LogP contribution in [0.25, 0.3) is 0 Å². The molecule has 0 fully saturated rings. The third-order valence-electron chi connectivity index (χ3n) is 2.23. The summed E-state index contributed by atoms with van der Waals surface area (Å²) in [5, 5.41) is 7.40. The van der Waals surface area contributed by atoms with Crippen LogP contribution >= 0.6 is 0 Å². The van der Waals surface area contributed by atoms with Gasteiger partial charge >= 0.3 is 0 Å². The third kappa shape index (κ3) is 5.25. The molecular weight excluding hydrogens is 230 g/mol. The van der Waals surface area contributed by atoms with Crippen LogP contribution in [-0.2, 0) is 16.1 Å². The van der Waals surface area contributed by atoms with E-state index < -0.39 is 0 Å². The maximum absolute atomic E-state index is 7.40. The minimum absolute atomic E-state index is 0.0368. The Bertz CT molecular complexity index is 380. The highest BCUT2D eigenvalue weighted by atomic mass is 16.5. The summed E-state index contributed by atoms with van der Waals surface area (Å²) in [6.07, 6.45) is 1.62. The Kier molecular flexibility index (Phi) is 6.32. The summed E-state index contributed by atoms with van der Waals surface area (Å²) in [6, 6.07) is 3.67. The van der Waals surface area contributed by atoms with Crippen molar-refractivity contribution in [3.05, 3.63) is 29.6 Å². The van der Waals surface area contributed by atoms with Crippen LogP contribution in [0.3, 0.4) is 0 Å². The van der Waals surface area contributed by atoms with Crippen LogP contribution in [0.5, 0.6) is 0 Å². The van der Waals surface area contributed by atoms with Gasteiger partial charge in [-0.05, 0) is 12.0 Å². The molecule has 5 nitrogen and oxygen atoms in total. The van der Waals surface area contributed by atoms with Crippen molar-refractivity contribution in [2.45, 2.75) is 20.5 Å². The summed E-state index contributed by atoms with van der Waals surface area (Å²) in [5.41, 5.74) is 6.75. The van der Waals surface area contributed by atoms with Crippen LogP contribution in [0.1, 0.15) is 25.1 Å². The molecule has 0 aliphatic carbocycles. The Hall–Kier alpha value is -1.46. The van der Waals surface area contributed by atoms with E-state index in [-0.39, 0.29) is 5.84 Å². The van der Waals surface area contributed by atoms with Gasteiger partial charge < -0.3 is 15.2 Å². The Morgan fingerprint density at radius 3 is 2.78 bits per heavy atom. The van der Waals surface area contributed by atoms with Gasteiger partial charge in [-0.1, -0.05) is 19.9 Å². The zero-order valence-corrected chi connectivity index (χ0v) is 11.0. The average molecular weight is 251 g/mol. The zero-order chi connectivity index (χ0) is 13.4. The van der Waals surface area contributed by atoms with Crippen molar-refractivity contribution in [3.63, 3.8) is 0 Å². The normalized spacial score (nSPS) is 10.8. The molecule has 0 spiro atoms. The number of nitrogen functional groups attached to an aromatic ring is 1. The van der Waals surface area contributed by atoms with Crippen molar-refractivity contribution in [3.8, 4) is 0 Å². The van der Waals surface area contributed by atoms with Crippen LogP contribution in [0, 0.1) is 11.3 Å². The Balaban J connectivity index is 2.29. The van der Waals surface area contributed by atoms with Crippen molar-refractivity contribution in [1.29, 1.82) is 5.41 Å². The van der Waals surface area contributed by atoms with Crippen LogP contribution in [0.15, 0.2) is 18.3 Å². The number of amidine groups is 1. The van der Waals surface area contributed by atoms with Crippen LogP contribution in [0.4, 0.5) is 0 Å². The molecule has 0 aromatic carbocycles. The monoisotopic (exact) mass is 251 g/mol. The molecule has 0 aliphatic heterocycles. The fourth-order valence-corrected chi connectivity index (χ4v) is 1.42. The number of rotatable bonds is 8. The van der Waals surface area contributed by atoms with E-state index in [0.717, 1.165) is 12.2 Å². The van der Waals surface area contributed by atoms with Crippen LogP contribution < -0.4 is 5.73 Å². The highest BCUT2D eigenvalue weighted by Gasteiger charge is 2.05. The lowest BCUT2D eigenvalue weighted by molar-refractivity contribution is 0.0313. The molecule has 0 unspecified atom stereocenters. The lowest BCUT2D eigenvalue weighted by atomic mass is 10.2. The fraction of sp³-hybridized carbons (Fsp3) is 0.538. The maximum atomic E-state index is 7.40. The van der Waals surface area contributed by atoms with E-state index in [0.29, 0.717) is 31.4 Å². The number of hydrogen-bond donors (Lipinski definition) is 2. The van der Waals surface area contributed by atoms with E-state index in [2.05, 4.69) is 18.8 Å². The van der Waals surface area contributed by atoms with Gasteiger partial charge in [0.25, 0.3) is 0 Å². The SMILES string of the molecule is CC(C)COCCOCc1cccnc1C(=N)N. The summed E-state index contributed by atoms with van der Waals surface area (Å²) in [5.74, 6) is 0.498. The Labute approximate surface area is 108 Å². The summed E-state index contributed by atoms with van der Waals surface area (Å²) >= 11 is 0. The van der Waals surface area contributed by atoms with Gasteiger partial charge in [-0.15, -0.1) is 0 Å². The van der Waals surface area contributed by atoms with E-state index in [9.17, 15) is 0 Å². The molecule has 0 atom stereocenters. The fourth-order valence-electron chi connectivity index (χ4n) is 1.42. The molecule has 0 bridgehead atoms. The van der Waals surface area contributed by atoms with Gasteiger partial charge in [0.2, 0.25) is 0 Å². The van der Waals surface area contributed by atoms with Gasteiger partial charge in [0.1, 0.15) is 11.5 Å². The van der Waals surface area contributed by atoms with Crippen molar-refractivity contribution in [2.75, 3.05) is 19.8 Å². The minimum Gasteiger partial charge on any atom is -0.382 e. The minimum atomic E-state index is -0.0368. The molecule has 3 N–H and O–H groups in total. The molecule has 1 heterocycles. The number of pyridine rings is 1. The van der Waals surface area contributed by atoms with Gasteiger partial charge in [0, 0.05) is 18.4 Å². The van der Waals surface area contributed by atoms with Gasteiger partial charge in [-0.3, -0.25) is 10.4 Å². The second-order valence-corrected chi connectivity index (χ2v) is 4.45. The third-order valence-corrected chi connectivity index (χ3v) is 2.23. The molecule has 0 saturated carbocycles. The second-order valence-electron chi connectivity index (χ2n) is 4.45. The first kappa shape index (κ1) is 14.6. The van der Waals surface area contributed by atoms with Crippen LogP contribution in [-0.4, -0.2) is 30.6 Å². The van der Waals surface area contributed by atoms with E-state index in [1.807, 2.05) is 6.07 Å². The second kappa shape index (κ2) is 7.79. The molecule has 5 heteroatoms. The van der Waals surface area contributed by atoms with Crippen LogP contribution in [0.2, 0.25) is 0 Å². The molecule has 1 aromatic rings. The number of nitrogens with one attached hydrogen (secondary N) is 1. The van der Waals surface area contributed by atoms with Gasteiger partial charge in [-0.2, -0.15) is 0 Å². The molecule has 1 aromatic heterocycles. The number of aromatic nitrogens is 1. The first-order valence-corrected chi connectivity index (χ1v) is 6.05. The topological polar surface area (TPSA) is 81.2 Å². The largest absolute Gasteiger partial charge is 0.382 e. The summed E-state index contributed by atoms with van der Waals surface area (Å²) < 4.78 is 10.9. The molecular formula is C13H21N3O2. The first-order chi connectivity index (χ1) is 8.61. The average Bonchev–Trinajstić information content (AvgIpc) is 2.33. The number of ether oxygens (including phenoxy) is 2. The van der Waals surface area contributed by atoms with E-state index >= 15 is 0 Å².